The van der Waals surface area contributed by atoms with E-state index in [0.29, 0.717) is 5.75 Å². The van der Waals surface area contributed by atoms with Crippen molar-refractivity contribution in [2.75, 3.05) is 25.5 Å². The molecule has 2 rings (SSSR count). The average Bonchev–Trinajstić information content (AvgIpc) is 3.00. The van der Waals surface area contributed by atoms with Gasteiger partial charge < -0.3 is 20.7 Å². The van der Waals surface area contributed by atoms with E-state index in [9.17, 15) is 9.59 Å². The van der Waals surface area contributed by atoms with Gasteiger partial charge in [-0.1, -0.05) is 0 Å². The Kier molecular flexibility index (Phi) is 4.95. The summed E-state index contributed by atoms with van der Waals surface area (Å²) in [4.78, 5) is 22.9. The van der Waals surface area contributed by atoms with Gasteiger partial charge in [0.1, 0.15) is 5.75 Å². The number of ether oxygens (including phenoxy) is 1. The molecule has 1 aliphatic heterocycles. The molecule has 20 heavy (non-hydrogen) atoms. The maximum Gasteiger partial charge on any atom is 0.257 e. The second kappa shape index (κ2) is 6.91. The fourth-order valence-corrected chi connectivity index (χ4v) is 1.99. The molecule has 108 valence electrons. The van der Waals surface area contributed by atoms with Crippen LogP contribution in [-0.2, 0) is 9.59 Å². The van der Waals surface area contributed by atoms with Gasteiger partial charge in [0.25, 0.3) is 5.91 Å². The molecule has 0 aromatic heterocycles. The highest BCUT2D eigenvalue weighted by Gasteiger charge is 2.21. The second-order valence-electron chi connectivity index (χ2n) is 4.62. The van der Waals surface area contributed by atoms with E-state index in [0.717, 1.165) is 25.1 Å². The lowest BCUT2D eigenvalue weighted by Crippen LogP contribution is -2.35. The summed E-state index contributed by atoms with van der Waals surface area (Å²) in [6.07, 6.45) is 1.91. The SMILES string of the molecule is CNC(=O)COc1ccc(NC(=O)C2CCCN2)cc1. The number of likely N-dealkylation sites (N-methyl/N-ethyl adjacent to an activating group) is 1. The highest BCUT2D eigenvalue weighted by Crippen LogP contribution is 2.16. The third kappa shape index (κ3) is 3.96. The second-order valence-corrected chi connectivity index (χ2v) is 4.62. The van der Waals surface area contributed by atoms with Crippen molar-refractivity contribution in [3.05, 3.63) is 24.3 Å². The van der Waals surface area contributed by atoms with Crippen LogP contribution in [0, 0.1) is 0 Å². The summed E-state index contributed by atoms with van der Waals surface area (Å²) in [7, 11) is 1.56. The van der Waals surface area contributed by atoms with E-state index in [-0.39, 0.29) is 24.5 Å². The van der Waals surface area contributed by atoms with Crippen LogP contribution in [0.15, 0.2) is 24.3 Å². The number of benzene rings is 1. The molecule has 0 radical (unpaired) electrons. The maximum absolute atomic E-state index is 11.9. The average molecular weight is 277 g/mol. The summed E-state index contributed by atoms with van der Waals surface area (Å²) < 4.78 is 5.28. The van der Waals surface area contributed by atoms with Gasteiger partial charge in [-0.25, -0.2) is 0 Å². The van der Waals surface area contributed by atoms with Gasteiger partial charge in [0.15, 0.2) is 6.61 Å². The van der Waals surface area contributed by atoms with Gasteiger partial charge >= 0.3 is 0 Å². The molecule has 0 saturated carbocycles. The third-order valence-corrected chi connectivity index (χ3v) is 3.15. The normalized spacial score (nSPS) is 17.6. The molecule has 6 nitrogen and oxygen atoms in total. The minimum atomic E-state index is -0.185. The first-order valence-corrected chi connectivity index (χ1v) is 6.67. The predicted molar refractivity (Wildman–Crippen MR) is 75.7 cm³/mol. The van der Waals surface area contributed by atoms with E-state index < -0.39 is 0 Å². The van der Waals surface area contributed by atoms with E-state index in [1.165, 1.54) is 0 Å². The summed E-state index contributed by atoms with van der Waals surface area (Å²) in [5, 5.41) is 8.47. The Balaban J connectivity index is 1.84. The Bertz CT molecular complexity index is 467. The standard InChI is InChI=1S/C14H19N3O3/c1-15-13(18)9-20-11-6-4-10(5-7-11)17-14(19)12-3-2-8-16-12/h4-7,12,16H,2-3,8-9H2,1H3,(H,15,18)(H,17,19). The molecular formula is C14H19N3O3. The van der Waals surface area contributed by atoms with E-state index >= 15 is 0 Å². The number of hydrogen-bond acceptors (Lipinski definition) is 4. The number of hydrogen-bond donors (Lipinski definition) is 3. The largest absolute Gasteiger partial charge is 0.484 e. The van der Waals surface area contributed by atoms with E-state index in [1.807, 2.05) is 0 Å². The highest BCUT2D eigenvalue weighted by molar-refractivity contribution is 5.95. The number of nitrogens with one attached hydrogen (secondary N) is 3. The molecule has 1 fully saturated rings. The molecule has 1 unspecified atom stereocenters. The van der Waals surface area contributed by atoms with Crippen LogP contribution in [0.25, 0.3) is 0 Å². The van der Waals surface area contributed by atoms with Crippen molar-refractivity contribution in [2.45, 2.75) is 18.9 Å². The van der Waals surface area contributed by atoms with E-state index in [4.69, 9.17) is 4.74 Å². The first-order valence-electron chi connectivity index (χ1n) is 6.67. The minimum absolute atomic E-state index is 0.0125. The van der Waals surface area contributed by atoms with Crippen molar-refractivity contribution in [3.8, 4) is 5.75 Å². The van der Waals surface area contributed by atoms with Crippen LogP contribution in [0.5, 0.6) is 5.75 Å². The van der Waals surface area contributed by atoms with Crippen LogP contribution in [0.2, 0.25) is 0 Å². The zero-order valence-corrected chi connectivity index (χ0v) is 11.4. The van der Waals surface area contributed by atoms with Crippen LogP contribution >= 0.6 is 0 Å². The van der Waals surface area contributed by atoms with E-state index in [1.54, 1.807) is 31.3 Å². The molecule has 1 aliphatic rings. The number of carbonyl (C=O) groups excluding carboxylic acids is 2. The summed E-state index contributed by atoms with van der Waals surface area (Å²) in [5.41, 5.74) is 0.719. The molecule has 0 aliphatic carbocycles. The number of carbonyl (C=O) groups is 2. The van der Waals surface area contributed by atoms with Crippen molar-refractivity contribution in [3.63, 3.8) is 0 Å². The van der Waals surface area contributed by atoms with Crippen LogP contribution < -0.4 is 20.7 Å². The third-order valence-electron chi connectivity index (χ3n) is 3.15. The molecule has 6 heteroatoms. The quantitative estimate of drug-likeness (QED) is 0.732. The Morgan fingerprint density at radius 1 is 1.35 bits per heavy atom. The predicted octanol–water partition coefficient (Wildman–Crippen LogP) is 0.502. The zero-order chi connectivity index (χ0) is 14.4. The van der Waals surface area contributed by atoms with Gasteiger partial charge in [0, 0.05) is 12.7 Å². The number of amides is 2. The molecule has 1 aromatic rings. The molecule has 1 heterocycles. The monoisotopic (exact) mass is 277 g/mol. The highest BCUT2D eigenvalue weighted by atomic mass is 16.5. The van der Waals surface area contributed by atoms with Crippen LogP contribution in [0.4, 0.5) is 5.69 Å². The summed E-state index contributed by atoms with van der Waals surface area (Å²) in [6.45, 7) is 0.874. The van der Waals surface area contributed by atoms with Crippen molar-refractivity contribution in [1.29, 1.82) is 0 Å². The van der Waals surface area contributed by atoms with Crippen molar-refractivity contribution in [2.24, 2.45) is 0 Å². The van der Waals surface area contributed by atoms with Gasteiger partial charge in [-0.15, -0.1) is 0 Å². The lowest BCUT2D eigenvalue weighted by Gasteiger charge is -2.11. The summed E-state index contributed by atoms with van der Waals surface area (Å²) in [6, 6.07) is 6.86. The summed E-state index contributed by atoms with van der Waals surface area (Å²) in [5.74, 6) is 0.391. The number of rotatable bonds is 5. The lowest BCUT2D eigenvalue weighted by atomic mass is 10.2. The first-order chi connectivity index (χ1) is 9.69. The van der Waals surface area contributed by atoms with Gasteiger partial charge in [-0.3, -0.25) is 9.59 Å². The van der Waals surface area contributed by atoms with Gasteiger partial charge in [-0.05, 0) is 43.7 Å². The van der Waals surface area contributed by atoms with Crippen molar-refractivity contribution < 1.29 is 14.3 Å². The van der Waals surface area contributed by atoms with Gasteiger partial charge in [0.05, 0.1) is 6.04 Å². The summed E-state index contributed by atoms with van der Waals surface area (Å²) >= 11 is 0. The fourth-order valence-electron chi connectivity index (χ4n) is 1.99. The zero-order valence-electron chi connectivity index (χ0n) is 11.4. The number of anilines is 1. The topological polar surface area (TPSA) is 79.5 Å². The molecular weight excluding hydrogens is 258 g/mol. The van der Waals surface area contributed by atoms with Crippen LogP contribution in [0.1, 0.15) is 12.8 Å². The molecule has 2 amide bonds. The molecule has 0 bridgehead atoms. The Labute approximate surface area is 117 Å². The molecule has 1 saturated heterocycles. The van der Waals surface area contributed by atoms with Gasteiger partial charge in [-0.2, -0.15) is 0 Å². The van der Waals surface area contributed by atoms with E-state index in [2.05, 4.69) is 16.0 Å². The van der Waals surface area contributed by atoms with Crippen LogP contribution in [-0.4, -0.2) is 38.1 Å². The Morgan fingerprint density at radius 2 is 2.10 bits per heavy atom. The van der Waals surface area contributed by atoms with Crippen molar-refractivity contribution >= 4 is 17.5 Å². The van der Waals surface area contributed by atoms with Crippen LogP contribution in [0.3, 0.4) is 0 Å². The fraction of sp³-hybridized carbons (Fsp3) is 0.429. The van der Waals surface area contributed by atoms with Gasteiger partial charge in [0.2, 0.25) is 5.91 Å². The molecule has 0 spiro atoms. The molecule has 1 atom stereocenters. The Morgan fingerprint density at radius 3 is 2.70 bits per heavy atom. The maximum atomic E-state index is 11.9. The molecule has 3 N–H and O–H groups in total. The minimum Gasteiger partial charge on any atom is -0.484 e. The molecule has 1 aromatic carbocycles. The van der Waals surface area contributed by atoms with Crippen molar-refractivity contribution in [1.82, 2.24) is 10.6 Å². The smallest absolute Gasteiger partial charge is 0.257 e. The first kappa shape index (κ1) is 14.3. The Hall–Kier alpha value is -2.08. The lowest BCUT2D eigenvalue weighted by molar-refractivity contribution is -0.122.